The van der Waals surface area contributed by atoms with Crippen LogP contribution in [0.15, 0.2) is 29.2 Å². The number of fused-ring (bicyclic) bond motifs is 1. The Kier molecular flexibility index (Phi) is 4.51. The van der Waals surface area contributed by atoms with Gasteiger partial charge in [-0.1, -0.05) is 41.4 Å². The summed E-state index contributed by atoms with van der Waals surface area (Å²) in [6.45, 7) is 1.33. The summed E-state index contributed by atoms with van der Waals surface area (Å²) in [5.41, 5.74) is 0.511. The first-order chi connectivity index (χ1) is 9.33. The third kappa shape index (κ3) is 3.05. The van der Waals surface area contributed by atoms with Crippen LogP contribution in [-0.2, 0) is 10.0 Å². The molecule has 0 aliphatic heterocycles. The molecule has 0 amide bonds. The Bertz CT molecular complexity index is 748. The molecule has 0 unspecified atom stereocenters. The van der Waals surface area contributed by atoms with Gasteiger partial charge in [-0.25, -0.2) is 18.1 Å². The highest BCUT2D eigenvalue weighted by Gasteiger charge is 2.25. The fourth-order valence-corrected chi connectivity index (χ4v) is 3.97. The Hall–Kier alpha value is -0.920. The highest BCUT2D eigenvalue weighted by atomic mass is 35.5. The highest BCUT2D eigenvalue weighted by Crippen LogP contribution is 2.33. The smallest absolute Gasteiger partial charge is 0.245 e. The molecule has 20 heavy (non-hydrogen) atoms. The van der Waals surface area contributed by atoms with Crippen molar-refractivity contribution in [2.75, 3.05) is 6.54 Å². The Balaban J connectivity index is 2.59. The van der Waals surface area contributed by atoms with Crippen LogP contribution in [-0.4, -0.2) is 31.2 Å². The summed E-state index contributed by atoms with van der Waals surface area (Å²) < 4.78 is 26.6. The van der Waals surface area contributed by atoms with Crippen molar-refractivity contribution in [2.24, 2.45) is 0 Å². The van der Waals surface area contributed by atoms with Gasteiger partial charge in [-0.2, -0.15) is 0 Å². The Morgan fingerprint density at radius 2 is 2.00 bits per heavy atom. The quantitative estimate of drug-likeness (QED) is 0.840. The molecule has 1 aromatic heterocycles. The predicted molar refractivity (Wildman–Crippen MR) is 78.6 cm³/mol. The summed E-state index contributed by atoms with van der Waals surface area (Å²) in [5.74, 6) is 0. The molecule has 2 N–H and O–H groups in total. The number of hydrogen-bond donors (Lipinski definition) is 2. The van der Waals surface area contributed by atoms with Crippen LogP contribution in [0.4, 0.5) is 0 Å². The van der Waals surface area contributed by atoms with E-state index in [4.69, 9.17) is 28.3 Å². The lowest BCUT2D eigenvalue weighted by atomic mass is 10.2. The summed E-state index contributed by atoms with van der Waals surface area (Å²) in [5, 5.41) is 9.47. The molecule has 1 heterocycles. The molecular formula is C12H12Cl2N2O3S. The zero-order valence-corrected chi connectivity index (χ0v) is 12.8. The molecule has 0 spiro atoms. The molecule has 0 aliphatic rings. The van der Waals surface area contributed by atoms with Gasteiger partial charge in [-0.15, -0.1) is 0 Å². The predicted octanol–water partition coefficient (Wildman–Crippen LogP) is 2.20. The van der Waals surface area contributed by atoms with Crippen LogP contribution < -0.4 is 4.72 Å². The van der Waals surface area contributed by atoms with Gasteiger partial charge in [-0.05, 0) is 13.0 Å². The maximum Gasteiger partial charge on any atom is 0.245 e. The maximum atomic E-state index is 12.2. The zero-order chi connectivity index (χ0) is 14.9. The van der Waals surface area contributed by atoms with Crippen molar-refractivity contribution in [2.45, 2.75) is 17.9 Å². The number of halogens is 2. The molecule has 0 saturated heterocycles. The van der Waals surface area contributed by atoms with Gasteiger partial charge in [0.05, 0.1) is 16.6 Å². The SMILES string of the molecule is C[C@H](O)CNS(=O)(=O)c1c(Cl)nc2ccccc2c1Cl. The molecule has 108 valence electrons. The van der Waals surface area contributed by atoms with Gasteiger partial charge < -0.3 is 5.11 Å². The van der Waals surface area contributed by atoms with E-state index in [2.05, 4.69) is 9.71 Å². The van der Waals surface area contributed by atoms with Crippen molar-refractivity contribution >= 4 is 44.1 Å². The second-order valence-corrected chi connectivity index (χ2v) is 6.70. The Labute approximate surface area is 126 Å². The van der Waals surface area contributed by atoms with E-state index >= 15 is 0 Å². The largest absolute Gasteiger partial charge is 0.392 e. The van der Waals surface area contributed by atoms with Gasteiger partial charge in [0, 0.05) is 11.9 Å². The molecule has 1 aromatic carbocycles. The van der Waals surface area contributed by atoms with Crippen molar-refractivity contribution in [1.29, 1.82) is 0 Å². The summed E-state index contributed by atoms with van der Waals surface area (Å²) >= 11 is 12.1. The number of nitrogens with one attached hydrogen (secondary N) is 1. The first kappa shape index (κ1) is 15.5. The number of pyridine rings is 1. The first-order valence-corrected chi connectivity index (χ1v) is 7.98. The number of aliphatic hydroxyl groups excluding tert-OH is 1. The van der Waals surface area contributed by atoms with E-state index in [1.54, 1.807) is 24.3 Å². The molecule has 5 nitrogen and oxygen atoms in total. The lowest BCUT2D eigenvalue weighted by Gasteiger charge is -2.12. The number of aromatic nitrogens is 1. The molecule has 2 rings (SSSR count). The summed E-state index contributed by atoms with van der Waals surface area (Å²) in [4.78, 5) is 3.75. The monoisotopic (exact) mass is 334 g/mol. The van der Waals surface area contributed by atoms with E-state index in [1.807, 2.05) is 0 Å². The normalized spacial score (nSPS) is 13.6. The van der Waals surface area contributed by atoms with E-state index in [0.717, 1.165) is 0 Å². The molecule has 0 aliphatic carbocycles. The fraction of sp³-hybridized carbons (Fsp3) is 0.250. The number of para-hydroxylation sites is 1. The third-order valence-electron chi connectivity index (χ3n) is 2.58. The van der Waals surface area contributed by atoms with Crippen LogP contribution in [0.2, 0.25) is 10.2 Å². The third-order valence-corrected chi connectivity index (χ3v) is 4.96. The van der Waals surface area contributed by atoms with E-state index in [-0.39, 0.29) is 21.6 Å². The summed E-state index contributed by atoms with van der Waals surface area (Å²) in [7, 11) is -3.94. The minimum Gasteiger partial charge on any atom is -0.392 e. The van der Waals surface area contributed by atoms with E-state index < -0.39 is 16.1 Å². The van der Waals surface area contributed by atoms with Crippen molar-refractivity contribution in [3.63, 3.8) is 0 Å². The number of benzene rings is 1. The first-order valence-electron chi connectivity index (χ1n) is 5.74. The van der Waals surface area contributed by atoms with Crippen molar-refractivity contribution in [3.8, 4) is 0 Å². The number of aliphatic hydroxyl groups is 1. The molecule has 0 fully saturated rings. The van der Waals surface area contributed by atoms with Gasteiger partial charge in [0.2, 0.25) is 10.0 Å². The van der Waals surface area contributed by atoms with E-state index in [0.29, 0.717) is 10.9 Å². The van der Waals surface area contributed by atoms with Crippen molar-refractivity contribution in [1.82, 2.24) is 9.71 Å². The van der Waals surface area contributed by atoms with Crippen LogP contribution in [0, 0.1) is 0 Å². The van der Waals surface area contributed by atoms with Crippen LogP contribution in [0.1, 0.15) is 6.92 Å². The van der Waals surface area contributed by atoms with E-state index in [9.17, 15) is 8.42 Å². The number of nitrogens with zero attached hydrogens (tertiary/aromatic N) is 1. The second kappa shape index (κ2) is 5.83. The van der Waals surface area contributed by atoms with Crippen molar-refractivity contribution < 1.29 is 13.5 Å². The highest BCUT2D eigenvalue weighted by molar-refractivity contribution is 7.89. The average Bonchev–Trinajstić information content (AvgIpc) is 2.36. The van der Waals surface area contributed by atoms with Gasteiger partial charge in [0.25, 0.3) is 0 Å². The Morgan fingerprint density at radius 1 is 1.35 bits per heavy atom. The minimum absolute atomic E-state index is 0.0127. The maximum absolute atomic E-state index is 12.2. The number of sulfonamides is 1. The standard InChI is InChI=1S/C12H12Cl2N2O3S/c1-7(17)6-15-20(18,19)11-10(13)8-4-2-3-5-9(8)16-12(11)14/h2-5,7,15,17H,6H2,1H3/t7-/m0/s1. The Morgan fingerprint density at radius 3 is 2.65 bits per heavy atom. The average molecular weight is 335 g/mol. The molecule has 1 atom stereocenters. The fourth-order valence-electron chi connectivity index (χ4n) is 1.66. The van der Waals surface area contributed by atoms with Crippen LogP contribution >= 0.6 is 23.2 Å². The molecule has 2 aromatic rings. The molecule has 0 bridgehead atoms. The summed E-state index contributed by atoms with van der Waals surface area (Å²) in [6, 6.07) is 6.83. The number of rotatable bonds is 4. The summed E-state index contributed by atoms with van der Waals surface area (Å²) in [6.07, 6.45) is -0.823. The minimum atomic E-state index is -3.94. The molecule has 8 heteroatoms. The van der Waals surface area contributed by atoms with Crippen LogP contribution in [0.25, 0.3) is 10.9 Å². The molecule has 0 saturated carbocycles. The second-order valence-electron chi connectivity index (χ2n) is 4.26. The topological polar surface area (TPSA) is 79.3 Å². The molecular weight excluding hydrogens is 323 g/mol. The van der Waals surface area contributed by atoms with Crippen LogP contribution in [0.5, 0.6) is 0 Å². The molecule has 0 radical (unpaired) electrons. The van der Waals surface area contributed by atoms with Gasteiger partial charge >= 0.3 is 0 Å². The van der Waals surface area contributed by atoms with Gasteiger partial charge in [0.15, 0.2) is 5.15 Å². The number of hydrogen-bond acceptors (Lipinski definition) is 4. The lowest BCUT2D eigenvalue weighted by Crippen LogP contribution is -2.31. The van der Waals surface area contributed by atoms with Crippen LogP contribution in [0.3, 0.4) is 0 Å². The lowest BCUT2D eigenvalue weighted by molar-refractivity contribution is 0.198. The van der Waals surface area contributed by atoms with E-state index in [1.165, 1.54) is 6.92 Å². The zero-order valence-electron chi connectivity index (χ0n) is 10.5. The van der Waals surface area contributed by atoms with Gasteiger partial charge in [-0.3, -0.25) is 0 Å². The van der Waals surface area contributed by atoms with Gasteiger partial charge in [0.1, 0.15) is 4.90 Å². The van der Waals surface area contributed by atoms with Crippen molar-refractivity contribution in [3.05, 3.63) is 34.4 Å².